The van der Waals surface area contributed by atoms with E-state index in [0.717, 1.165) is 19.6 Å². The van der Waals surface area contributed by atoms with E-state index in [-0.39, 0.29) is 0 Å². The number of hydrogen-bond acceptors (Lipinski definition) is 2. The van der Waals surface area contributed by atoms with Crippen LogP contribution in [0.1, 0.15) is 104 Å². The van der Waals surface area contributed by atoms with Gasteiger partial charge in [0.15, 0.2) is 0 Å². The minimum absolute atomic E-state index is 1.03. The van der Waals surface area contributed by atoms with E-state index in [1.165, 1.54) is 95.7 Å². The van der Waals surface area contributed by atoms with E-state index in [0.29, 0.717) is 0 Å². The summed E-state index contributed by atoms with van der Waals surface area (Å²) in [6.07, 6.45) is 19.9. The van der Waals surface area contributed by atoms with E-state index in [1.54, 1.807) is 0 Å². The minimum Gasteiger partial charge on any atom is -0.359 e. The Bertz CT molecular complexity index is 273. The molecule has 0 aliphatic carbocycles. The van der Waals surface area contributed by atoms with Crippen LogP contribution in [0.25, 0.3) is 0 Å². The molecule has 1 aliphatic rings. The van der Waals surface area contributed by atoms with Gasteiger partial charge in [-0.3, -0.25) is 4.99 Å². The van der Waals surface area contributed by atoms with Gasteiger partial charge in [0.05, 0.1) is 12.4 Å². The smallest absolute Gasteiger partial charge is 0.0990 e. The molecule has 2 nitrogen and oxygen atoms in total. The van der Waals surface area contributed by atoms with Crippen molar-refractivity contribution in [3.63, 3.8) is 0 Å². The highest BCUT2D eigenvalue weighted by atomic mass is 15.2. The Hall–Kier alpha value is -0.530. The van der Waals surface area contributed by atoms with Crippen LogP contribution in [-0.2, 0) is 0 Å². The van der Waals surface area contributed by atoms with Gasteiger partial charge in [0.25, 0.3) is 0 Å². The molecule has 1 aliphatic heterocycles. The molecule has 0 saturated heterocycles. The monoisotopic (exact) mass is 308 g/mol. The molecule has 0 saturated carbocycles. The van der Waals surface area contributed by atoms with Crippen molar-refractivity contribution in [3.05, 3.63) is 0 Å². The quantitative estimate of drug-likeness (QED) is 0.329. The fraction of sp³-hybridized carbons (Fsp3) is 0.950. The highest BCUT2D eigenvalue weighted by molar-refractivity contribution is 5.83. The molecule has 0 atom stereocenters. The summed E-state index contributed by atoms with van der Waals surface area (Å²) in [4.78, 5) is 7.07. The lowest BCUT2D eigenvalue weighted by Gasteiger charge is -2.17. The maximum atomic E-state index is 4.62. The zero-order chi connectivity index (χ0) is 15.9. The first kappa shape index (κ1) is 19.5. The molecule has 0 fully saturated rings. The Labute approximate surface area is 139 Å². The lowest BCUT2D eigenvalue weighted by Crippen LogP contribution is -2.27. The number of rotatable bonds is 15. The minimum atomic E-state index is 1.03. The summed E-state index contributed by atoms with van der Waals surface area (Å²) in [6.45, 7) is 7.86. The maximum absolute atomic E-state index is 4.62. The van der Waals surface area contributed by atoms with Crippen molar-refractivity contribution < 1.29 is 0 Å². The second kappa shape index (κ2) is 14.1. The zero-order valence-electron chi connectivity index (χ0n) is 15.4. The van der Waals surface area contributed by atoms with Crippen LogP contribution < -0.4 is 0 Å². The van der Waals surface area contributed by atoms with Crippen molar-refractivity contribution in [1.29, 1.82) is 0 Å². The first-order chi connectivity index (χ1) is 10.9. The molecule has 0 bridgehead atoms. The van der Waals surface area contributed by atoms with Gasteiger partial charge in [0.2, 0.25) is 0 Å². The topological polar surface area (TPSA) is 15.6 Å². The Morgan fingerprint density at radius 3 is 1.73 bits per heavy atom. The lowest BCUT2D eigenvalue weighted by atomic mass is 10.0. The van der Waals surface area contributed by atoms with Crippen LogP contribution in [0.2, 0.25) is 0 Å². The van der Waals surface area contributed by atoms with Gasteiger partial charge in [-0.15, -0.1) is 0 Å². The summed E-state index contributed by atoms with van der Waals surface area (Å²) in [5, 5.41) is 0. The zero-order valence-corrected chi connectivity index (χ0v) is 15.4. The van der Waals surface area contributed by atoms with Gasteiger partial charge in [-0.1, -0.05) is 84.0 Å². The highest BCUT2D eigenvalue weighted by Gasteiger charge is 2.13. The Balaban J connectivity index is 1.77. The van der Waals surface area contributed by atoms with Crippen molar-refractivity contribution >= 4 is 5.84 Å². The maximum Gasteiger partial charge on any atom is 0.0990 e. The van der Waals surface area contributed by atoms with Crippen molar-refractivity contribution in [2.24, 2.45) is 4.99 Å². The third-order valence-electron chi connectivity index (χ3n) is 4.91. The van der Waals surface area contributed by atoms with Gasteiger partial charge >= 0.3 is 0 Å². The standard InChI is InChI=1S/C20H40N2/c1-3-5-6-7-8-9-10-11-12-13-14-15-16-17-20-21-18-19-22(20)4-2/h3-19H2,1-2H3. The fourth-order valence-electron chi connectivity index (χ4n) is 3.41. The molecular weight excluding hydrogens is 268 g/mol. The first-order valence-electron chi connectivity index (χ1n) is 10.2. The van der Waals surface area contributed by atoms with Crippen LogP contribution in [0.3, 0.4) is 0 Å². The van der Waals surface area contributed by atoms with Crippen LogP contribution in [0, 0.1) is 0 Å². The van der Waals surface area contributed by atoms with E-state index in [4.69, 9.17) is 0 Å². The van der Waals surface area contributed by atoms with Crippen molar-refractivity contribution in [2.45, 2.75) is 104 Å². The molecule has 22 heavy (non-hydrogen) atoms. The SMILES string of the molecule is CCCCCCCCCCCCCCCC1=NCCN1CC. The third kappa shape index (κ3) is 9.48. The molecule has 0 amide bonds. The largest absolute Gasteiger partial charge is 0.359 e. The van der Waals surface area contributed by atoms with E-state index < -0.39 is 0 Å². The van der Waals surface area contributed by atoms with Gasteiger partial charge in [-0.25, -0.2) is 0 Å². The Kier molecular flexibility index (Phi) is 12.5. The molecule has 0 aromatic rings. The summed E-state index contributed by atoms with van der Waals surface area (Å²) in [7, 11) is 0. The normalized spacial score (nSPS) is 14.6. The molecule has 130 valence electrons. The molecule has 0 spiro atoms. The number of unbranched alkanes of at least 4 members (excludes halogenated alkanes) is 12. The van der Waals surface area contributed by atoms with Crippen LogP contribution in [0.4, 0.5) is 0 Å². The van der Waals surface area contributed by atoms with Gasteiger partial charge < -0.3 is 4.90 Å². The third-order valence-corrected chi connectivity index (χ3v) is 4.91. The van der Waals surface area contributed by atoms with Crippen LogP contribution in [0.15, 0.2) is 4.99 Å². The van der Waals surface area contributed by atoms with Crippen molar-refractivity contribution in [2.75, 3.05) is 19.6 Å². The summed E-state index contributed by atoms with van der Waals surface area (Å²) in [5.41, 5.74) is 0. The second-order valence-electron chi connectivity index (χ2n) is 6.87. The molecular formula is C20H40N2. The fourth-order valence-corrected chi connectivity index (χ4v) is 3.41. The molecule has 1 heterocycles. The molecule has 2 heteroatoms. The summed E-state index contributed by atoms with van der Waals surface area (Å²) >= 11 is 0. The van der Waals surface area contributed by atoms with Gasteiger partial charge in [-0.2, -0.15) is 0 Å². The number of likely N-dealkylation sites (N-methyl/N-ethyl adjacent to an activating group) is 1. The average molecular weight is 309 g/mol. The van der Waals surface area contributed by atoms with Gasteiger partial charge in [0.1, 0.15) is 0 Å². The summed E-state index contributed by atoms with van der Waals surface area (Å²) in [6, 6.07) is 0. The predicted octanol–water partition coefficient (Wildman–Crippen LogP) is 6.20. The molecule has 1 rings (SSSR count). The van der Waals surface area contributed by atoms with Crippen LogP contribution in [0.5, 0.6) is 0 Å². The van der Waals surface area contributed by atoms with E-state index in [2.05, 4.69) is 23.7 Å². The predicted molar refractivity (Wildman–Crippen MR) is 99.9 cm³/mol. The van der Waals surface area contributed by atoms with Crippen LogP contribution in [-0.4, -0.2) is 30.4 Å². The summed E-state index contributed by atoms with van der Waals surface area (Å²) < 4.78 is 0. The number of amidine groups is 1. The number of hydrogen-bond donors (Lipinski definition) is 0. The lowest BCUT2D eigenvalue weighted by molar-refractivity contribution is 0.469. The van der Waals surface area contributed by atoms with E-state index in [9.17, 15) is 0 Å². The van der Waals surface area contributed by atoms with Gasteiger partial charge in [-0.05, 0) is 13.3 Å². The Morgan fingerprint density at radius 1 is 0.727 bits per heavy atom. The van der Waals surface area contributed by atoms with E-state index in [1.807, 2.05) is 0 Å². The number of aliphatic imine (C=N–C) groups is 1. The highest BCUT2D eigenvalue weighted by Crippen LogP contribution is 2.14. The number of nitrogens with zero attached hydrogens (tertiary/aromatic N) is 2. The van der Waals surface area contributed by atoms with E-state index >= 15 is 0 Å². The van der Waals surface area contributed by atoms with Crippen molar-refractivity contribution in [3.8, 4) is 0 Å². The molecule has 0 radical (unpaired) electrons. The van der Waals surface area contributed by atoms with Crippen LogP contribution >= 0.6 is 0 Å². The second-order valence-corrected chi connectivity index (χ2v) is 6.87. The first-order valence-corrected chi connectivity index (χ1v) is 10.2. The van der Waals surface area contributed by atoms with Crippen molar-refractivity contribution in [1.82, 2.24) is 4.90 Å². The van der Waals surface area contributed by atoms with Gasteiger partial charge in [0, 0.05) is 19.5 Å². The average Bonchev–Trinajstić information content (AvgIpc) is 2.99. The Morgan fingerprint density at radius 2 is 1.23 bits per heavy atom. The molecule has 0 aromatic carbocycles. The molecule has 0 unspecified atom stereocenters. The molecule has 0 N–H and O–H groups in total. The molecule has 0 aromatic heterocycles. The summed E-state index contributed by atoms with van der Waals surface area (Å²) in [5.74, 6) is 1.38.